The first-order valence-electron chi connectivity index (χ1n) is 9.62. The molecule has 0 spiro atoms. The third kappa shape index (κ3) is 4.56. The lowest BCUT2D eigenvalue weighted by Crippen LogP contribution is -2.44. The van der Waals surface area contributed by atoms with Crippen LogP contribution in [0.4, 0.5) is 17.3 Å². The van der Waals surface area contributed by atoms with Crippen LogP contribution in [0, 0.1) is 5.92 Å². The number of nitrogens with zero attached hydrogens (tertiary/aromatic N) is 5. The van der Waals surface area contributed by atoms with Gasteiger partial charge < -0.3 is 20.0 Å². The summed E-state index contributed by atoms with van der Waals surface area (Å²) in [7, 11) is 2.10. The molecule has 0 bridgehead atoms. The van der Waals surface area contributed by atoms with Gasteiger partial charge >= 0.3 is 0 Å². The summed E-state index contributed by atoms with van der Waals surface area (Å²) in [6, 6.07) is 9.33. The number of carbonyl (C=O) groups is 2. The third-order valence-corrected chi connectivity index (χ3v) is 5.84. The summed E-state index contributed by atoms with van der Waals surface area (Å²) >= 11 is 3.42. The Morgan fingerprint density at radius 1 is 1.17 bits per heavy atom. The van der Waals surface area contributed by atoms with Gasteiger partial charge in [0, 0.05) is 55.4 Å². The highest BCUT2D eigenvalue weighted by atomic mass is 79.9. The molecule has 1 unspecified atom stereocenters. The molecule has 29 heavy (non-hydrogen) atoms. The normalized spacial score (nSPS) is 20.2. The van der Waals surface area contributed by atoms with Crippen LogP contribution in [0.3, 0.4) is 0 Å². The summed E-state index contributed by atoms with van der Waals surface area (Å²) in [5.41, 5.74) is 0.791. The largest absolute Gasteiger partial charge is 0.354 e. The molecular formula is C20H23BrN6O2. The van der Waals surface area contributed by atoms with E-state index >= 15 is 0 Å². The molecule has 2 aliphatic heterocycles. The standard InChI is InChI=1S/C20H23BrN6O2/c1-25-5-7-26(8-6-25)18-11-17(22-13-23-18)24-20(29)14-9-19(28)27(12-14)16-4-2-3-15(21)10-16/h2-4,10-11,13-14H,5-9,12H2,1H3,(H,22,23,24,29). The number of carbonyl (C=O) groups excluding carboxylic acids is 2. The Kier molecular flexibility index (Phi) is 5.77. The number of hydrogen-bond acceptors (Lipinski definition) is 6. The number of piperazine rings is 1. The van der Waals surface area contributed by atoms with Crippen molar-refractivity contribution in [3.63, 3.8) is 0 Å². The lowest BCUT2D eigenvalue weighted by atomic mass is 10.1. The highest BCUT2D eigenvalue weighted by Gasteiger charge is 2.35. The van der Waals surface area contributed by atoms with Gasteiger partial charge in [-0.3, -0.25) is 9.59 Å². The van der Waals surface area contributed by atoms with E-state index in [9.17, 15) is 9.59 Å². The number of hydrogen-bond donors (Lipinski definition) is 1. The van der Waals surface area contributed by atoms with E-state index in [0.29, 0.717) is 12.4 Å². The number of benzene rings is 1. The molecule has 1 atom stereocenters. The summed E-state index contributed by atoms with van der Waals surface area (Å²) in [5, 5.41) is 2.86. The van der Waals surface area contributed by atoms with Crippen LogP contribution in [-0.2, 0) is 9.59 Å². The van der Waals surface area contributed by atoms with Gasteiger partial charge in [0.15, 0.2) is 0 Å². The van der Waals surface area contributed by atoms with Gasteiger partial charge in [-0.15, -0.1) is 0 Å². The maximum Gasteiger partial charge on any atom is 0.230 e. The van der Waals surface area contributed by atoms with Gasteiger partial charge in [-0.05, 0) is 25.2 Å². The second kappa shape index (κ2) is 8.46. The van der Waals surface area contributed by atoms with Crippen molar-refractivity contribution in [1.82, 2.24) is 14.9 Å². The van der Waals surface area contributed by atoms with Gasteiger partial charge in [-0.2, -0.15) is 0 Å². The molecule has 8 nitrogen and oxygen atoms in total. The highest BCUT2D eigenvalue weighted by molar-refractivity contribution is 9.10. The lowest BCUT2D eigenvalue weighted by molar-refractivity contribution is -0.122. The highest BCUT2D eigenvalue weighted by Crippen LogP contribution is 2.28. The number of likely N-dealkylation sites (N-methyl/N-ethyl adjacent to an activating group) is 1. The molecule has 1 aromatic heterocycles. The molecule has 2 aromatic rings. The third-order valence-electron chi connectivity index (χ3n) is 5.35. The number of amides is 2. The van der Waals surface area contributed by atoms with E-state index in [4.69, 9.17) is 0 Å². The minimum absolute atomic E-state index is 0.0518. The number of anilines is 3. The zero-order chi connectivity index (χ0) is 20.4. The van der Waals surface area contributed by atoms with Crippen LogP contribution in [0.1, 0.15) is 6.42 Å². The second-order valence-corrected chi connectivity index (χ2v) is 8.34. The average molecular weight is 459 g/mol. The van der Waals surface area contributed by atoms with Crippen molar-refractivity contribution in [3.8, 4) is 0 Å². The Morgan fingerprint density at radius 2 is 1.97 bits per heavy atom. The number of aromatic nitrogens is 2. The van der Waals surface area contributed by atoms with Crippen LogP contribution in [0.2, 0.25) is 0 Å². The van der Waals surface area contributed by atoms with Gasteiger partial charge in [0.1, 0.15) is 18.0 Å². The molecular weight excluding hydrogens is 436 g/mol. The topological polar surface area (TPSA) is 81.7 Å². The molecule has 2 amide bonds. The monoisotopic (exact) mass is 458 g/mol. The quantitative estimate of drug-likeness (QED) is 0.754. The van der Waals surface area contributed by atoms with Crippen LogP contribution in [0.5, 0.6) is 0 Å². The number of halogens is 1. The predicted molar refractivity (Wildman–Crippen MR) is 115 cm³/mol. The van der Waals surface area contributed by atoms with Crippen molar-refractivity contribution in [2.75, 3.05) is 54.9 Å². The van der Waals surface area contributed by atoms with Gasteiger partial charge in [-0.25, -0.2) is 9.97 Å². The first-order chi connectivity index (χ1) is 14.0. The first-order valence-corrected chi connectivity index (χ1v) is 10.4. The SMILES string of the molecule is CN1CCN(c2cc(NC(=O)C3CC(=O)N(c4cccc(Br)c4)C3)ncn2)CC1. The predicted octanol–water partition coefficient (Wildman–Crippen LogP) is 1.98. The van der Waals surface area contributed by atoms with Crippen LogP contribution in [-0.4, -0.2) is 66.5 Å². The van der Waals surface area contributed by atoms with Crippen LogP contribution in [0.15, 0.2) is 41.1 Å². The summed E-state index contributed by atoms with van der Waals surface area (Å²) in [6.07, 6.45) is 1.66. The second-order valence-electron chi connectivity index (χ2n) is 7.43. The number of nitrogens with one attached hydrogen (secondary N) is 1. The van der Waals surface area contributed by atoms with E-state index < -0.39 is 5.92 Å². The molecule has 2 aliphatic rings. The van der Waals surface area contributed by atoms with E-state index in [1.165, 1.54) is 6.33 Å². The van der Waals surface area contributed by atoms with E-state index in [1.54, 1.807) is 11.0 Å². The maximum absolute atomic E-state index is 12.8. The molecule has 1 aromatic carbocycles. The van der Waals surface area contributed by atoms with Crippen LogP contribution >= 0.6 is 15.9 Å². The molecule has 4 rings (SSSR count). The summed E-state index contributed by atoms with van der Waals surface area (Å²) in [4.78, 5) is 39.8. The van der Waals surface area contributed by atoms with Crippen LogP contribution < -0.4 is 15.1 Å². The van der Waals surface area contributed by atoms with Gasteiger partial charge in [-0.1, -0.05) is 22.0 Å². The Morgan fingerprint density at radius 3 is 2.72 bits per heavy atom. The van der Waals surface area contributed by atoms with Crippen molar-refractivity contribution in [3.05, 3.63) is 41.1 Å². The zero-order valence-corrected chi connectivity index (χ0v) is 17.8. The van der Waals surface area contributed by atoms with Crippen LogP contribution in [0.25, 0.3) is 0 Å². The van der Waals surface area contributed by atoms with E-state index in [2.05, 4.69) is 48.1 Å². The minimum Gasteiger partial charge on any atom is -0.354 e. The van der Waals surface area contributed by atoms with E-state index in [0.717, 1.165) is 42.2 Å². The average Bonchev–Trinajstić information content (AvgIpc) is 3.11. The lowest BCUT2D eigenvalue weighted by Gasteiger charge is -2.33. The maximum atomic E-state index is 12.8. The molecule has 2 saturated heterocycles. The minimum atomic E-state index is -0.413. The molecule has 9 heteroatoms. The molecule has 0 aliphatic carbocycles. The van der Waals surface area contributed by atoms with E-state index in [-0.39, 0.29) is 18.2 Å². The summed E-state index contributed by atoms with van der Waals surface area (Å²) in [6.45, 7) is 4.08. The molecule has 0 saturated carbocycles. The van der Waals surface area contributed by atoms with Gasteiger partial charge in [0.2, 0.25) is 11.8 Å². The molecule has 1 N–H and O–H groups in total. The molecule has 0 radical (unpaired) electrons. The Bertz CT molecular complexity index is 915. The fraction of sp³-hybridized carbons (Fsp3) is 0.400. The molecule has 3 heterocycles. The molecule has 152 valence electrons. The van der Waals surface area contributed by atoms with Crippen molar-refractivity contribution in [2.45, 2.75) is 6.42 Å². The molecule has 2 fully saturated rings. The Hall–Kier alpha value is -2.52. The van der Waals surface area contributed by atoms with Crippen molar-refractivity contribution < 1.29 is 9.59 Å². The first kappa shape index (κ1) is 19.8. The Balaban J connectivity index is 1.41. The fourth-order valence-electron chi connectivity index (χ4n) is 3.63. The van der Waals surface area contributed by atoms with Crippen molar-refractivity contribution in [2.24, 2.45) is 5.92 Å². The fourth-order valence-corrected chi connectivity index (χ4v) is 4.02. The summed E-state index contributed by atoms with van der Waals surface area (Å²) < 4.78 is 0.896. The van der Waals surface area contributed by atoms with E-state index in [1.807, 2.05) is 24.3 Å². The smallest absolute Gasteiger partial charge is 0.230 e. The van der Waals surface area contributed by atoms with Gasteiger partial charge in [0.25, 0.3) is 0 Å². The Labute approximate surface area is 178 Å². The van der Waals surface area contributed by atoms with Crippen molar-refractivity contribution in [1.29, 1.82) is 0 Å². The summed E-state index contributed by atoms with van der Waals surface area (Å²) in [5.74, 6) is 0.611. The van der Waals surface area contributed by atoms with Gasteiger partial charge in [0.05, 0.1) is 5.92 Å². The van der Waals surface area contributed by atoms with Crippen molar-refractivity contribution >= 4 is 45.1 Å². The zero-order valence-electron chi connectivity index (χ0n) is 16.2. The number of rotatable bonds is 4.